The van der Waals surface area contributed by atoms with Crippen LogP contribution in [-0.4, -0.2) is 7.85 Å². The van der Waals surface area contributed by atoms with Crippen molar-refractivity contribution in [2.24, 2.45) is 10.8 Å². The summed E-state index contributed by atoms with van der Waals surface area (Å²) in [5.41, 5.74) is 2.46. The summed E-state index contributed by atoms with van der Waals surface area (Å²) in [5.74, 6) is 0. The molecule has 0 fully saturated rings. The molecule has 0 N–H and O–H groups in total. The molecule has 0 aromatic carbocycles. The van der Waals surface area contributed by atoms with E-state index in [1.807, 2.05) is 0 Å². The number of hydrogen-bond donors (Lipinski definition) is 0. The van der Waals surface area contributed by atoms with Gasteiger partial charge in [0.1, 0.15) is 7.85 Å². The number of unbranched alkanes of at least 4 members (excludes halogenated alkanes) is 6. The fourth-order valence-corrected chi connectivity index (χ4v) is 3.42. The van der Waals surface area contributed by atoms with Crippen molar-refractivity contribution in [3.05, 3.63) is 12.2 Å². The Kier molecular flexibility index (Phi) is 12.1. The van der Waals surface area contributed by atoms with Crippen LogP contribution in [0.1, 0.15) is 112 Å². The maximum absolute atomic E-state index is 4.33. The third-order valence-corrected chi connectivity index (χ3v) is 4.89. The van der Waals surface area contributed by atoms with Crippen LogP contribution in [0.4, 0.5) is 0 Å². The second kappa shape index (κ2) is 12.2. The Bertz CT molecular complexity index is 296. The lowest BCUT2D eigenvalue weighted by atomic mass is 9.79. The molecular weight excluding hydrogens is 275 g/mol. The van der Waals surface area contributed by atoms with E-state index in [-0.39, 0.29) is 0 Å². The van der Waals surface area contributed by atoms with Gasteiger partial charge in [-0.05, 0) is 42.9 Å². The van der Waals surface area contributed by atoms with E-state index in [0.29, 0.717) is 10.8 Å². The molecule has 136 valence electrons. The van der Waals surface area contributed by atoms with Gasteiger partial charge in [-0.25, -0.2) is 0 Å². The molecule has 0 spiro atoms. The average molecular weight is 320 g/mol. The van der Waals surface area contributed by atoms with Crippen LogP contribution in [0.5, 0.6) is 0 Å². The van der Waals surface area contributed by atoms with Crippen molar-refractivity contribution >= 4 is 7.85 Å². The Morgan fingerprint density at radius 2 is 1.26 bits per heavy atom. The van der Waals surface area contributed by atoms with Gasteiger partial charge in [0, 0.05) is 0 Å². The first-order valence-electron chi connectivity index (χ1n) is 10.3. The van der Waals surface area contributed by atoms with Gasteiger partial charge in [-0.3, -0.25) is 0 Å². The Morgan fingerprint density at radius 3 is 1.78 bits per heavy atom. The number of hydrogen-bond acceptors (Lipinski definition) is 0. The van der Waals surface area contributed by atoms with Gasteiger partial charge in [0.25, 0.3) is 0 Å². The summed E-state index contributed by atoms with van der Waals surface area (Å²) in [7, 11) is 2.29. The quantitative estimate of drug-likeness (QED) is 0.178. The highest BCUT2D eigenvalue weighted by molar-refractivity contribution is 6.08. The molecule has 0 amide bonds. The Balaban J connectivity index is 3.49. The zero-order chi connectivity index (χ0) is 17.8. The molecule has 0 unspecified atom stereocenters. The van der Waals surface area contributed by atoms with Gasteiger partial charge in [0.2, 0.25) is 0 Å². The molecular formula is C22H45B. The fraction of sp³-hybridized carbons (Fsp3) is 0.909. The molecule has 0 bridgehead atoms. The van der Waals surface area contributed by atoms with E-state index < -0.39 is 0 Å². The molecule has 0 aromatic rings. The van der Waals surface area contributed by atoms with Gasteiger partial charge >= 0.3 is 0 Å². The van der Waals surface area contributed by atoms with Crippen molar-refractivity contribution in [2.75, 3.05) is 0 Å². The summed E-state index contributed by atoms with van der Waals surface area (Å²) in [4.78, 5) is 0. The molecule has 0 radical (unpaired) electrons. The second-order valence-electron chi connectivity index (χ2n) is 9.73. The lowest BCUT2D eigenvalue weighted by molar-refractivity contribution is 0.324. The maximum Gasteiger partial charge on any atom is 0.101 e. The zero-order valence-corrected chi connectivity index (χ0v) is 17.4. The van der Waals surface area contributed by atoms with Crippen LogP contribution in [0, 0.1) is 10.8 Å². The van der Waals surface area contributed by atoms with Gasteiger partial charge in [-0.15, -0.1) is 0 Å². The molecule has 0 aromatic heterocycles. The molecule has 0 nitrogen and oxygen atoms in total. The first-order valence-corrected chi connectivity index (χ1v) is 10.3. The number of allylic oxidation sites excluding steroid dienone is 1. The van der Waals surface area contributed by atoms with Crippen molar-refractivity contribution in [1.29, 1.82) is 0 Å². The summed E-state index contributed by atoms with van der Waals surface area (Å²) in [6.07, 6.45) is 17.7. The summed E-state index contributed by atoms with van der Waals surface area (Å²) in [5, 5.41) is 0. The van der Waals surface area contributed by atoms with E-state index in [9.17, 15) is 0 Å². The predicted octanol–water partition coefficient (Wildman–Crippen LogP) is 7.35. The van der Waals surface area contributed by atoms with E-state index in [1.54, 1.807) is 0 Å². The van der Waals surface area contributed by atoms with Gasteiger partial charge in [-0.1, -0.05) is 98.0 Å². The van der Waals surface area contributed by atoms with Crippen molar-refractivity contribution in [3.8, 4) is 0 Å². The van der Waals surface area contributed by atoms with E-state index in [1.165, 1.54) is 88.9 Å². The van der Waals surface area contributed by atoms with E-state index in [0.717, 1.165) is 0 Å². The molecule has 0 heterocycles. The molecule has 1 heteroatoms. The average Bonchev–Trinajstić information content (AvgIpc) is 2.41. The topological polar surface area (TPSA) is 0 Å². The molecule has 0 aliphatic rings. The van der Waals surface area contributed by atoms with Crippen LogP contribution in [0.3, 0.4) is 0 Å². The van der Waals surface area contributed by atoms with Crippen molar-refractivity contribution in [3.63, 3.8) is 0 Å². The Labute approximate surface area is 149 Å². The fourth-order valence-electron chi connectivity index (χ4n) is 3.42. The highest BCUT2D eigenvalue weighted by Gasteiger charge is 2.17. The third kappa shape index (κ3) is 16.4. The zero-order valence-electron chi connectivity index (χ0n) is 17.4. The minimum Gasteiger partial charge on any atom is -0.0998 e. The summed E-state index contributed by atoms with van der Waals surface area (Å²) in [6, 6.07) is 0. The monoisotopic (exact) mass is 320 g/mol. The van der Waals surface area contributed by atoms with Gasteiger partial charge < -0.3 is 0 Å². The second-order valence-corrected chi connectivity index (χ2v) is 9.73. The van der Waals surface area contributed by atoms with Crippen molar-refractivity contribution in [1.82, 2.24) is 0 Å². The molecule has 0 saturated carbocycles. The van der Waals surface area contributed by atoms with E-state index in [2.05, 4.69) is 49.0 Å². The van der Waals surface area contributed by atoms with Crippen LogP contribution < -0.4 is 0 Å². The molecule has 0 atom stereocenters. The lowest BCUT2D eigenvalue weighted by Crippen LogP contribution is -2.12. The smallest absolute Gasteiger partial charge is 0.0998 e. The maximum atomic E-state index is 4.33. The summed E-state index contributed by atoms with van der Waals surface area (Å²) in [6.45, 7) is 16.2. The Morgan fingerprint density at radius 1 is 0.739 bits per heavy atom. The molecule has 0 aliphatic carbocycles. The van der Waals surface area contributed by atoms with Crippen molar-refractivity contribution < 1.29 is 0 Å². The normalized spacial score (nSPS) is 12.6. The first-order chi connectivity index (χ1) is 10.7. The molecule has 0 rings (SSSR count). The molecule has 0 aliphatic heterocycles. The predicted molar refractivity (Wildman–Crippen MR) is 111 cm³/mol. The summed E-state index contributed by atoms with van der Waals surface area (Å²) >= 11 is 0. The molecule has 23 heavy (non-hydrogen) atoms. The molecule has 0 saturated heterocycles. The minimum absolute atomic E-state index is 0.458. The van der Waals surface area contributed by atoms with E-state index in [4.69, 9.17) is 0 Å². The standard InChI is InChI=1S/C22H45B/c1-20(19-22(5,6)17-14-18-23)15-12-10-8-7-9-11-13-16-21(2,3)4/h1,7-19,23H2,2-6H3. The van der Waals surface area contributed by atoms with Crippen LogP contribution >= 0.6 is 0 Å². The number of rotatable bonds is 14. The van der Waals surface area contributed by atoms with Crippen LogP contribution in [0.25, 0.3) is 0 Å². The van der Waals surface area contributed by atoms with E-state index >= 15 is 0 Å². The largest absolute Gasteiger partial charge is 0.101 e. The van der Waals surface area contributed by atoms with Crippen LogP contribution in [0.2, 0.25) is 6.32 Å². The van der Waals surface area contributed by atoms with Crippen molar-refractivity contribution in [2.45, 2.75) is 118 Å². The van der Waals surface area contributed by atoms with Crippen LogP contribution in [-0.2, 0) is 0 Å². The first kappa shape index (κ1) is 22.8. The highest BCUT2D eigenvalue weighted by atomic mass is 14.2. The van der Waals surface area contributed by atoms with Gasteiger partial charge in [0.15, 0.2) is 0 Å². The SMILES string of the molecule is BCCCC(C)(C)CC(=C)CCCCCCCCCC(C)(C)C. The Hall–Kier alpha value is -0.195. The van der Waals surface area contributed by atoms with Gasteiger partial charge in [0.05, 0.1) is 0 Å². The summed E-state index contributed by atoms with van der Waals surface area (Å²) < 4.78 is 0. The van der Waals surface area contributed by atoms with Crippen LogP contribution in [0.15, 0.2) is 12.2 Å². The lowest BCUT2D eigenvalue weighted by Gasteiger charge is -2.25. The minimum atomic E-state index is 0.458. The highest BCUT2D eigenvalue weighted by Crippen LogP contribution is 2.32. The third-order valence-electron chi connectivity index (χ3n) is 4.89. The van der Waals surface area contributed by atoms with Gasteiger partial charge in [-0.2, -0.15) is 0 Å².